The van der Waals surface area contributed by atoms with Crippen molar-refractivity contribution in [2.75, 3.05) is 0 Å². The number of nitrogens with two attached hydrogens (primary N) is 1. The summed E-state index contributed by atoms with van der Waals surface area (Å²) in [4.78, 5) is 7.54. The maximum Gasteiger partial charge on any atom is 0.418 e. The number of hydrogen-bond donors (Lipinski definition) is 1. The van der Waals surface area contributed by atoms with Gasteiger partial charge in [-0.2, -0.15) is 13.2 Å². The van der Waals surface area contributed by atoms with Gasteiger partial charge in [-0.15, -0.1) is 0 Å². The maximum absolute atomic E-state index is 14.6. The molecule has 3 aromatic carbocycles. The number of alkyl halides is 3. The lowest BCUT2D eigenvalue weighted by Crippen LogP contribution is -2.11. The van der Waals surface area contributed by atoms with E-state index in [1.165, 1.54) is 48.5 Å². The van der Waals surface area contributed by atoms with Gasteiger partial charge in [0.15, 0.2) is 0 Å². The van der Waals surface area contributed by atoms with Crippen LogP contribution >= 0.6 is 0 Å². The minimum atomic E-state index is -4.65. The summed E-state index contributed by atoms with van der Waals surface area (Å²) in [6.07, 6.45) is -3.72. The lowest BCUT2D eigenvalue weighted by Gasteiger charge is -2.13. The molecule has 1 aromatic heterocycles. The van der Waals surface area contributed by atoms with E-state index < -0.39 is 27.6 Å². The first-order valence-electron chi connectivity index (χ1n) is 8.95. The number of rotatable bonds is 4. The number of halogens is 4. The van der Waals surface area contributed by atoms with Crippen LogP contribution in [0.5, 0.6) is 11.5 Å². The number of hydrogen-bond acceptors (Lipinski definition) is 5. The highest BCUT2D eigenvalue weighted by atomic mass is 32.2. The van der Waals surface area contributed by atoms with Crippen LogP contribution in [0.3, 0.4) is 0 Å². The van der Waals surface area contributed by atoms with Gasteiger partial charge in [0, 0.05) is 17.0 Å². The number of primary sulfonamides is 1. The molecule has 0 aliphatic carbocycles. The molecule has 0 atom stereocenters. The Balaban J connectivity index is 1.80. The van der Waals surface area contributed by atoms with Crippen molar-refractivity contribution in [2.24, 2.45) is 5.14 Å². The molecule has 0 fully saturated rings. The summed E-state index contributed by atoms with van der Waals surface area (Å²) in [5, 5.41) is 5.12. The maximum atomic E-state index is 14.6. The standard InChI is InChI=1S/C21H13F4N3O3S/c22-18-8-7-13(31-12-3-1-4-14(9-12)32(26,29)30)10-16(18)19-15-5-2-6-17(21(23,24)25)20(15)28-11-27-19/h1-11H,(H2,26,29,30). The van der Waals surface area contributed by atoms with Crippen LogP contribution in [-0.4, -0.2) is 18.4 Å². The number of para-hydroxylation sites is 1. The van der Waals surface area contributed by atoms with Crippen LogP contribution in [-0.2, 0) is 16.2 Å². The molecule has 0 saturated carbocycles. The minimum Gasteiger partial charge on any atom is -0.457 e. The molecule has 0 aliphatic heterocycles. The highest BCUT2D eigenvalue weighted by Crippen LogP contribution is 2.37. The van der Waals surface area contributed by atoms with E-state index in [4.69, 9.17) is 9.88 Å². The van der Waals surface area contributed by atoms with Crippen molar-refractivity contribution in [1.82, 2.24) is 9.97 Å². The van der Waals surface area contributed by atoms with Crippen LogP contribution in [0, 0.1) is 5.82 Å². The van der Waals surface area contributed by atoms with Crippen LogP contribution in [0.2, 0.25) is 0 Å². The molecule has 1 heterocycles. The molecule has 4 aromatic rings. The SMILES string of the molecule is NS(=O)(=O)c1cccc(Oc2ccc(F)c(-c3ncnc4c(C(F)(F)F)cccc34)c2)c1. The Bertz CT molecular complexity index is 1440. The van der Waals surface area contributed by atoms with E-state index in [2.05, 4.69) is 9.97 Å². The van der Waals surface area contributed by atoms with Crippen LogP contribution in [0.1, 0.15) is 5.56 Å². The molecule has 0 unspecified atom stereocenters. The van der Waals surface area contributed by atoms with Gasteiger partial charge in [0.05, 0.1) is 21.7 Å². The molecule has 0 spiro atoms. The highest BCUT2D eigenvalue weighted by Gasteiger charge is 2.33. The van der Waals surface area contributed by atoms with Crippen molar-refractivity contribution in [1.29, 1.82) is 0 Å². The first-order chi connectivity index (χ1) is 15.0. The van der Waals surface area contributed by atoms with Crippen LogP contribution < -0.4 is 9.88 Å². The fraction of sp³-hybridized carbons (Fsp3) is 0.0476. The summed E-state index contributed by atoms with van der Waals surface area (Å²) in [6.45, 7) is 0. The van der Waals surface area contributed by atoms with Gasteiger partial charge in [-0.1, -0.05) is 18.2 Å². The van der Waals surface area contributed by atoms with Crippen molar-refractivity contribution in [3.8, 4) is 22.8 Å². The monoisotopic (exact) mass is 463 g/mol. The third-order valence-electron chi connectivity index (χ3n) is 4.53. The van der Waals surface area contributed by atoms with Gasteiger partial charge in [-0.3, -0.25) is 0 Å². The number of sulfonamides is 1. The Hall–Kier alpha value is -3.57. The van der Waals surface area contributed by atoms with Crippen LogP contribution in [0.25, 0.3) is 22.2 Å². The predicted octanol–water partition coefficient (Wildman–Crippen LogP) is 4.89. The molecule has 164 valence electrons. The smallest absolute Gasteiger partial charge is 0.418 e. The predicted molar refractivity (Wildman–Crippen MR) is 108 cm³/mol. The van der Waals surface area contributed by atoms with Crippen molar-refractivity contribution in [3.63, 3.8) is 0 Å². The summed E-state index contributed by atoms with van der Waals surface area (Å²) in [7, 11) is -3.96. The molecule has 11 heteroatoms. The van der Waals surface area contributed by atoms with Crippen molar-refractivity contribution in [3.05, 3.63) is 78.4 Å². The summed E-state index contributed by atoms with van der Waals surface area (Å²) in [5.41, 5.74) is -1.50. The van der Waals surface area contributed by atoms with Crippen LogP contribution in [0.4, 0.5) is 17.6 Å². The van der Waals surface area contributed by atoms with Gasteiger partial charge in [0.25, 0.3) is 0 Å². The molecular formula is C21H13F4N3O3S. The second-order valence-electron chi connectivity index (χ2n) is 6.69. The van der Waals surface area contributed by atoms with E-state index in [0.717, 1.165) is 18.5 Å². The topological polar surface area (TPSA) is 95.2 Å². The van der Waals surface area contributed by atoms with Crippen molar-refractivity contribution >= 4 is 20.9 Å². The molecule has 6 nitrogen and oxygen atoms in total. The van der Waals surface area contributed by atoms with E-state index in [-0.39, 0.29) is 38.6 Å². The largest absolute Gasteiger partial charge is 0.457 e. The molecule has 2 N–H and O–H groups in total. The van der Waals surface area contributed by atoms with Crippen molar-refractivity contribution < 1.29 is 30.7 Å². The molecular weight excluding hydrogens is 450 g/mol. The number of fused-ring (bicyclic) bond motifs is 1. The van der Waals surface area contributed by atoms with Gasteiger partial charge >= 0.3 is 6.18 Å². The zero-order valence-corrected chi connectivity index (χ0v) is 16.8. The first-order valence-corrected chi connectivity index (χ1v) is 10.5. The molecule has 0 aliphatic rings. The van der Waals surface area contributed by atoms with E-state index in [0.29, 0.717) is 0 Å². The third-order valence-corrected chi connectivity index (χ3v) is 5.44. The lowest BCUT2D eigenvalue weighted by molar-refractivity contribution is -0.136. The van der Waals surface area contributed by atoms with Gasteiger partial charge in [0.1, 0.15) is 23.6 Å². The van der Waals surface area contributed by atoms with Gasteiger partial charge in [-0.05, 0) is 36.4 Å². The first kappa shape index (κ1) is 21.7. The molecule has 0 radical (unpaired) electrons. The second kappa shape index (κ2) is 7.84. The summed E-state index contributed by atoms with van der Waals surface area (Å²) in [5.74, 6) is -0.527. The molecule has 32 heavy (non-hydrogen) atoms. The Kier molecular flexibility index (Phi) is 5.31. The number of aromatic nitrogens is 2. The average molecular weight is 463 g/mol. The second-order valence-corrected chi connectivity index (χ2v) is 8.25. The number of nitrogens with zero attached hydrogens (tertiary/aromatic N) is 2. The molecule has 0 amide bonds. The quantitative estimate of drug-likeness (QED) is 0.435. The summed E-state index contributed by atoms with van der Waals surface area (Å²) < 4.78 is 83.3. The summed E-state index contributed by atoms with van der Waals surface area (Å²) >= 11 is 0. The van der Waals surface area contributed by atoms with Gasteiger partial charge in [0.2, 0.25) is 10.0 Å². The van der Waals surface area contributed by atoms with Crippen LogP contribution in [0.15, 0.2) is 71.9 Å². The molecule has 4 rings (SSSR count). The number of ether oxygens (including phenoxy) is 1. The van der Waals surface area contributed by atoms with Crippen molar-refractivity contribution in [2.45, 2.75) is 11.1 Å². The zero-order valence-electron chi connectivity index (χ0n) is 16.0. The Morgan fingerprint density at radius 3 is 2.34 bits per heavy atom. The Morgan fingerprint density at radius 2 is 1.62 bits per heavy atom. The van der Waals surface area contributed by atoms with E-state index in [1.54, 1.807) is 0 Å². The normalized spacial score (nSPS) is 12.2. The average Bonchev–Trinajstić information content (AvgIpc) is 2.73. The third kappa shape index (κ3) is 4.25. The Labute approximate surface area is 179 Å². The zero-order chi connectivity index (χ0) is 23.1. The fourth-order valence-electron chi connectivity index (χ4n) is 3.13. The van der Waals surface area contributed by atoms with Gasteiger partial charge in [-0.25, -0.2) is 27.9 Å². The minimum absolute atomic E-state index is 0.00889. The molecule has 0 bridgehead atoms. The lowest BCUT2D eigenvalue weighted by atomic mass is 10.0. The van der Waals surface area contributed by atoms with E-state index in [9.17, 15) is 26.0 Å². The Morgan fingerprint density at radius 1 is 0.906 bits per heavy atom. The fourth-order valence-corrected chi connectivity index (χ4v) is 3.68. The molecule has 0 saturated heterocycles. The van der Waals surface area contributed by atoms with E-state index in [1.807, 2.05) is 0 Å². The summed E-state index contributed by atoms with van der Waals surface area (Å²) in [6, 6.07) is 12.4. The van der Waals surface area contributed by atoms with E-state index >= 15 is 0 Å². The number of benzene rings is 3. The van der Waals surface area contributed by atoms with Gasteiger partial charge < -0.3 is 4.74 Å². The highest BCUT2D eigenvalue weighted by molar-refractivity contribution is 7.89.